The van der Waals surface area contributed by atoms with Crippen molar-refractivity contribution in [3.8, 4) is 0 Å². The molecule has 26 heavy (non-hydrogen) atoms. The molecule has 1 amide bonds. The third kappa shape index (κ3) is 3.99. The summed E-state index contributed by atoms with van der Waals surface area (Å²) in [5.74, 6) is -2.69. The van der Waals surface area contributed by atoms with Crippen molar-refractivity contribution < 1.29 is 33.4 Å². The number of ether oxygens (including phenoxy) is 2. The van der Waals surface area contributed by atoms with Crippen LogP contribution in [0, 0.1) is 5.82 Å². The highest BCUT2D eigenvalue weighted by Gasteiger charge is 2.34. The molecule has 1 aromatic rings. The van der Waals surface area contributed by atoms with E-state index in [-0.39, 0.29) is 48.8 Å². The molecule has 1 aliphatic rings. The van der Waals surface area contributed by atoms with E-state index in [4.69, 9.17) is 9.84 Å². The molecule has 0 saturated heterocycles. The average Bonchev–Trinajstić information content (AvgIpc) is 2.93. The maximum atomic E-state index is 14.1. The summed E-state index contributed by atoms with van der Waals surface area (Å²) in [7, 11) is 1.16. The standard InChI is InChI=1S/C17H19FN2O6/c1-3-26-16(23)10-4-5-12(18)13(8-10)19-14-11(17(24)25-2)9-20(6-7-21)15(14)22/h4-5,8,19,21H,3,6-7,9H2,1-2H3. The van der Waals surface area contributed by atoms with Gasteiger partial charge in [-0.1, -0.05) is 0 Å². The highest BCUT2D eigenvalue weighted by atomic mass is 19.1. The SMILES string of the molecule is CCOC(=O)c1ccc(F)c(NC2=C(C(=O)OC)CN(CCO)C2=O)c1. The summed E-state index contributed by atoms with van der Waals surface area (Å²) >= 11 is 0. The molecule has 140 valence electrons. The molecular weight excluding hydrogens is 347 g/mol. The van der Waals surface area contributed by atoms with Crippen molar-refractivity contribution in [2.24, 2.45) is 0 Å². The van der Waals surface area contributed by atoms with E-state index in [1.807, 2.05) is 0 Å². The van der Waals surface area contributed by atoms with Gasteiger partial charge in [0.1, 0.15) is 11.5 Å². The minimum absolute atomic E-state index is 0.00638. The van der Waals surface area contributed by atoms with E-state index in [0.717, 1.165) is 13.2 Å². The zero-order chi connectivity index (χ0) is 19.3. The number of aliphatic hydroxyl groups excluding tert-OH is 1. The molecule has 0 atom stereocenters. The molecule has 0 radical (unpaired) electrons. The first-order valence-electron chi connectivity index (χ1n) is 7.88. The normalized spacial score (nSPS) is 13.8. The monoisotopic (exact) mass is 366 g/mol. The maximum Gasteiger partial charge on any atom is 0.338 e. The van der Waals surface area contributed by atoms with E-state index >= 15 is 0 Å². The Morgan fingerprint density at radius 2 is 2.08 bits per heavy atom. The van der Waals surface area contributed by atoms with Gasteiger partial charge in [0.25, 0.3) is 5.91 Å². The van der Waals surface area contributed by atoms with Crippen LogP contribution in [-0.4, -0.2) is 61.3 Å². The number of halogens is 1. The predicted molar refractivity (Wildman–Crippen MR) is 88.7 cm³/mol. The molecule has 0 spiro atoms. The second-order valence-corrected chi connectivity index (χ2v) is 5.34. The summed E-state index contributed by atoms with van der Waals surface area (Å²) < 4.78 is 23.7. The van der Waals surface area contributed by atoms with Crippen molar-refractivity contribution in [3.63, 3.8) is 0 Å². The minimum atomic E-state index is -0.747. The quantitative estimate of drug-likeness (QED) is 0.684. The van der Waals surface area contributed by atoms with Crippen molar-refractivity contribution in [1.29, 1.82) is 0 Å². The lowest BCUT2D eigenvalue weighted by atomic mass is 10.1. The van der Waals surface area contributed by atoms with Crippen LogP contribution >= 0.6 is 0 Å². The van der Waals surface area contributed by atoms with Gasteiger partial charge in [-0.3, -0.25) is 4.79 Å². The van der Waals surface area contributed by atoms with E-state index in [1.54, 1.807) is 6.92 Å². The molecule has 0 bridgehead atoms. The Bertz CT molecular complexity index is 762. The number of anilines is 1. The first-order chi connectivity index (χ1) is 12.4. The lowest BCUT2D eigenvalue weighted by Crippen LogP contribution is -2.31. The van der Waals surface area contributed by atoms with Crippen molar-refractivity contribution in [1.82, 2.24) is 4.90 Å². The number of carbonyl (C=O) groups excluding carboxylic acids is 3. The number of amides is 1. The van der Waals surface area contributed by atoms with Gasteiger partial charge in [-0.05, 0) is 25.1 Å². The number of rotatable bonds is 7. The summed E-state index contributed by atoms with van der Waals surface area (Å²) in [4.78, 5) is 37.4. The first-order valence-corrected chi connectivity index (χ1v) is 7.88. The van der Waals surface area contributed by atoms with Crippen LogP contribution in [0.4, 0.5) is 10.1 Å². The number of nitrogens with zero attached hydrogens (tertiary/aromatic N) is 1. The van der Waals surface area contributed by atoms with Crippen LogP contribution < -0.4 is 5.32 Å². The van der Waals surface area contributed by atoms with Gasteiger partial charge >= 0.3 is 11.9 Å². The molecule has 1 aliphatic heterocycles. The topological polar surface area (TPSA) is 105 Å². The fourth-order valence-electron chi connectivity index (χ4n) is 2.45. The van der Waals surface area contributed by atoms with Crippen molar-refractivity contribution in [2.45, 2.75) is 6.92 Å². The molecule has 8 nitrogen and oxygen atoms in total. The number of aliphatic hydroxyl groups is 1. The van der Waals surface area contributed by atoms with Crippen molar-refractivity contribution >= 4 is 23.5 Å². The van der Waals surface area contributed by atoms with Crippen LogP contribution in [0.15, 0.2) is 29.5 Å². The Hall–Kier alpha value is -2.94. The Morgan fingerprint density at radius 3 is 2.69 bits per heavy atom. The van der Waals surface area contributed by atoms with E-state index < -0.39 is 23.7 Å². The number of esters is 2. The van der Waals surface area contributed by atoms with E-state index in [1.165, 1.54) is 17.0 Å². The predicted octanol–water partition coefficient (Wildman–Crippen LogP) is 0.676. The highest BCUT2D eigenvalue weighted by molar-refractivity contribution is 6.08. The van der Waals surface area contributed by atoms with Crippen LogP contribution in [0.25, 0.3) is 0 Å². The summed E-state index contributed by atoms with van der Waals surface area (Å²) in [5, 5.41) is 11.6. The van der Waals surface area contributed by atoms with Crippen LogP contribution in [0.3, 0.4) is 0 Å². The Kier molecular flexibility index (Phi) is 6.29. The molecule has 2 N–H and O–H groups in total. The van der Waals surface area contributed by atoms with Crippen LogP contribution in [-0.2, 0) is 19.1 Å². The Balaban J connectivity index is 2.37. The summed E-state index contributed by atoms with van der Waals surface area (Å²) in [6.45, 7) is 1.44. The largest absolute Gasteiger partial charge is 0.466 e. The minimum Gasteiger partial charge on any atom is -0.466 e. The van der Waals surface area contributed by atoms with Gasteiger partial charge in [-0.25, -0.2) is 14.0 Å². The number of hydrogen-bond acceptors (Lipinski definition) is 7. The van der Waals surface area contributed by atoms with E-state index in [0.29, 0.717) is 0 Å². The maximum absolute atomic E-state index is 14.1. The van der Waals surface area contributed by atoms with E-state index in [2.05, 4.69) is 10.1 Å². The zero-order valence-electron chi connectivity index (χ0n) is 14.4. The van der Waals surface area contributed by atoms with Gasteiger partial charge in [-0.2, -0.15) is 0 Å². The zero-order valence-corrected chi connectivity index (χ0v) is 14.4. The number of nitrogens with one attached hydrogen (secondary N) is 1. The second kappa shape index (κ2) is 8.43. The number of methoxy groups -OCH3 is 1. The highest BCUT2D eigenvalue weighted by Crippen LogP contribution is 2.25. The summed E-state index contributed by atoms with van der Waals surface area (Å²) in [6.07, 6.45) is 0. The third-order valence-electron chi connectivity index (χ3n) is 3.69. The molecule has 1 heterocycles. The van der Waals surface area contributed by atoms with Gasteiger partial charge in [0.05, 0.1) is 43.7 Å². The lowest BCUT2D eigenvalue weighted by Gasteiger charge is -2.15. The van der Waals surface area contributed by atoms with Crippen molar-refractivity contribution in [2.75, 3.05) is 38.7 Å². The number of hydrogen-bond donors (Lipinski definition) is 2. The molecule has 1 aromatic carbocycles. The fraction of sp³-hybridized carbons (Fsp3) is 0.353. The van der Waals surface area contributed by atoms with Crippen LogP contribution in [0.1, 0.15) is 17.3 Å². The number of β-amino-alcohol motifs (C(OH)–C–C–N with tert-alkyl or cyclic N) is 1. The Labute approximate surface area is 149 Å². The van der Waals surface area contributed by atoms with Gasteiger partial charge in [0.15, 0.2) is 0 Å². The number of carbonyl (C=O) groups is 3. The molecule has 0 unspecified atom stereocenters. The second-order valence-electron chi connectivity index (χ2n) is 5.34. The fourth-order valence-corrected chi connectivity index (χ4v) is 2.45. The lowest BCUT2D eigenvalue weighted by molar-refractivity contribution is -0.136. The molecule has 0 aliphatic carbocycles. The van der Waals surface area contributed by atoms with Gasteiger partial charge in [-0.15, -0.1) is 0 Å². The smallest absolute Gasteiger partial charge is 0.338 e. The molecule has 9 heteroatoms. The van der Waals surface area contributed by atoms with Gasteiger partial charge in [0.2, 0.25) is 0 Å². The Morgan fingerprint density at radius 1 is 1.35 bits per heavy atom. The molecule has 2 rings (SSSR count). The average molecular weight is 366 g/mol. The van der Waals surface area contributed by atoms with E-state index in [9.17, 15) is 18.8 Å². The van der Waals surface area contributed by atoms with Crippen molar-refractivity contribution in [3.05, 3.63) is 40.8 Å². The first kappa shape index (κ1) is 19.4. The molecule has 0 aromatic heterocycles. The van der Waals surface area contributed by atoms with Gasteiger partial charge < -0.3 is 24.8 Å². The third-order valence-corrected chi connectivity index (χ3v) is 3.69. The molecular formula is C17H19FN2O6. The van der Waals surface area contributed by atoms with Gasteiger partial charge in [0, 0.05) is 6.54 Å². The summed E-state index contributed by atoms with van der Waals surface area (Å²) in [6, 6.07) is 3.50. The molecule has 0 saturated carbocycles. The van der Waals surface area contributed by atoms with Crippen LogP contribution in [0.5, 0.6) is 0 Å². The summed E-state index contributed by atoms with van der Waals surface area (Å²) in [5.41, 5.74) is -0.225. The number of benzene rings is 1. The van der Waals surface area contributed by atoms with Crippen LogP contribution in [0.2, 0.25) is 0 Å². The molecule has 0 fully saturated rings.